The number of rotatable bonds is 4. The predicted molar refractivity (Wildman–Crippen MR) is 62.8 cm³/mol. The zero-order chi connectivity index (χ0) is 12.3. The summed E-state index contributed by atoms with van der Waals surface area (Å²) in [4.78, 5) is 26.2. The summed E-state index contributed by atoms with van der Waals surface area (Å²) in [6.07, 6.45) is -0.137. The Morgan fingerprint density at radius 3 is 2.94 bits per heavy atom. The molecule has 2 fully saturated rings. The summed E-state index contributed by atoms with van der Waals surface area (Å²) in [6, 6.07) is 0. The molecular weight excluding hydrogens is 244 g/mol. The van der Waals surface area contributed by atoms with Crippen LogP contribution in [0.25, 0.3) is 0 Å². The van der Waals surface area contributed by atoms with Crippen LogP contribution in [0.1, 0.15) is 0 Å². The van der Waals surface area contributed by atoms with Gasteiger partial charge in [0.15, 0.2) is 0 Å². The first kappa shape index (κ1) is 12.8. The number of nitrogens with zero attached hydrogens (tertiary/aromatic N) is 2. The smallest absolute Gasteiger partial charge is 0.288 e. The highest BCUT2D eigenvalue weighted by atomic mass is 32.2. The second-order valence-corrected chi connectivity index (χ2v) is 5.00. The van der Waals surface area contributed by atoms with Gasteiger partial charge < -0.3 is 9.84 Å². The van der Waals surface area contributed by atoms with Crippen LogP contribution in [0.5, 0.6) is 0 Å². The normalized spacial score (nSPS) is 26.9. The predicted octanol–water partition coefficient (Wildman–Crippen LogP) is -0.625. The molecule has 1 N–H and O–H groups in total. The van der Waals surface area contributed by atoms with E-state index < -0.39 is 0 Å². The molecular formula is C10H16N2O4S. The molecule has 0 bridgehead atoms. The van der Waals surface area contributed by atoms with Gasteiger partial charge in [0.2, 0.25) is 5.91 Å². The highest BCUT2D eigenvalue weighted by molar-refractivity contribution is 8.14. The molecule has 0 saturated carbocycles. The van der Waals surface area contributed by atoms with Gasteiger partial charge in [-0.25, -0.2) is 0 Å². The zero-order valence-electron chi connectivity index (χ0n) is 9.50. The SMILES string of the molecule is O=C1CSC(=O)N1C[C@@H]1CN(CCO)CCO1. The van der Waals surface area contributed by atoms with Crippen molar-refractivity contribution < 1.29 is 19.4 Å². The highest BCUT2D eigenvalue weighted by Gasteiger charge is 2.33. The number of ether oxygens (including phenoxy) is 1. The van der Waals surface area contributed by atoms with Gasteiger partial charge in [-0.05, 0) is 0 Å². The first-order valence-electron chi connectivity index (χ1n) is 5.62. The maximum absolute atomic E-state index is 11.4. The minimum Gasteiger partial charge on any atom is -0.395 e. The van der Waals surface area contributed by atoms with E-state index in [1.165, 1.54) is 4.90 Å². The fraction of sp³-hybridized carbons (Fsp3) is 0.800. The highest BCUT2D eigenvalue weighted by Crippen LogP contribution is 2.20. The van der Waals surface area contributed by atoms with Crippen LogP contribution in [-0.2, 0) is 9.53 Å². The van der Waals surface area contributed by atoms with Gasteiger partial charge in [0, 0.05) is 19.6 Å². The Morgan fingerprint density at radius 1 is 1.47 bits per heavy atom. The van der Waals surface area contributed by atoms with Gasteiger partial charge in [-0.2, -0.15) is 0 Å². The Hall–Kier alpha value is -0.630. The van der Waals surface area contributed by atoms with E-state index in [0.29, 0.717) is 26.2 Å². The zero-order valence-corrected chi connectivity index (χ0v) is 10.3. The van der Waals surface area contributed by atoms with Crippen molar-refractivity contribution >= 4 is 22.9 Å². The van der Waals surface area contributed by atoms with Gasteiger partial charge in [-0.1, -0.05) is 11.8 Å². The summed E-state index contributed by atoms with van der Waals surface area (Å²) in [5, 5.41) is 8.69. The molecule has 2 heterocycles. The number of aliphatic hydroxyl groups is 1. The third kappa shape index (κ3) is 3.19. The Labute approximate surface area is 104 Å². The lowest BCUT2D eigenvalue weighted by Gasteiger charge is -2.33. The molecule has 2 aliphatic rings. The van der Waals surface area contributed by atoms with Gasteiger partial charge in [-0.3, -0.25) is 19.4 Å². The summed E-state index contributed by atoms with van der Waals surface area (Å²) in [7, 11) is 0. The van der Waals surface area contributed by atoms with Crippen LogP contribution in [0.3, 0.4) is 0 Å². The monoisotopic (exact) mass is 260 g/mol. The Bertz CT molecular complexity index is 295. The van der Waals surface area contributed by atoms with Crippen LogP contribution in [0.2, 0.25) is 0 Å². The number of carbonyl (C=O) groups is 2. The van der Waals surface area contributed by atoms with E-state index in [2.05, 4.69) is 4.90 Å². The van der Waals surface area contributed by atoms with E-state index in [4.69, 9.17) is 9.84 Å². The molecule has 2 aliphatic heterocycles. The Kier molecular flexibility index (Phi) is 4.38. The average molecular weight is 260 g/mol. The van der Waals surface area contributed by atoms with E-state index in [-0.39, 0.29) is 29.6 Å². The lowest BCUT2D eigenvalue weighted by molar-refractivity contribution is -0.127. The van der Waals surface area contributed by atoms with Crippen molar-refractivity contribution in [3.63, 3.8) is 0 Å². The summed E-state index contributed by atoms with van der Waals surface area (Å²) in [6.45, 7) is 3.07. The van der Waals surface area contributed by atoms with Crippen molar-refractivity contribution in [1.29, 1.82) is 0 Å². The van der Waals surface area contributed by atoms with Gasteiger partial charge in [0.25, 0.3) is 5.24 Å². The molecule has 0 aromatic heterocycles. The molecule has 96 valence electrons. The van der Waals surface area contributed by atoms with Gasteiger partial charge in [0.1, 0.15) is 0 Å². The first-order chi connectivity index (χ1) is 8.20. The van der Waals surface area contributed by atoms with Crippen LogP contribution >= 0.6 is 11.8 Å². The number of aliphatic hydroxyl groups excluding tert-OH is 1. The molecule has 0 spiro atoms. The van der Waals surface area contributed by atoms with E-state index in [9.17, 15) is 9.59 Å². The molecule has 0 unspecified atom stereocenters. The van der Waals surface area contributed by atoms with E-state index >= 15 is 0 Å². The minimum absolute atomic E-state index is 0.115. The van der Waals surface area contributed by atoms with Crippen LogP contribution in [0, 0.1) is 0 Å². The summed E-state index contributed by atoms with van der Waals surface area (Å²) < 4.78 is 5.53. The third-order valence-corrected chi connectivity index (χ3v) is 3.72. The number of thioether (sulfide) groups is 1. The van der Waals surface area contributed by atoms with Crippen molar-refractivity contribution in [2.75, 3.05) is 45.1 Å². The number of imide groups is 1. The molecule has 2 rings (SSSR count). The number of morpholine rings is 1. The largest absolute Gasteiger partial charge is 0.395 e. The molecule has 0 aromatic rings. The summed E-state index contributed by atoms with van der Waals surface area (Å²) in [5.74, 6) is 0.106. The van der Waals surface area contributed by atoms with E-state index in [0.717, 1.165) is 18.3 Å². The molecule has 6 nitrogen and oxygen atoms in total. The van der Waals surface area contributed by atoms with Crippen LogP contribution in [-0.4, -0.2) is 77.3 Å². The topological polar surface area (TPSA) is 70.1 Å². The third-order valence-electron chi connectivity index (χ3n) is 2.87. The number of amides is 2. The van der Waals surface area contributed by atoms with Crippen molar-refractivity contribution in [3.8, 4) is 0 Å². The van der Waals surface area contributed by atoms with Gasteiger partial charge in [0.05, 0.1) is 31.6 Å². The number of hydrogen-bond acceptors (Lipinski definition) is 6. The van der Waals surface area contributed by atoms with Crippen molar-refractivity contribution in [1.82, 2.24) is 9.80 Å². The van der Waals surface area contributed by atoms with Crippen LogP contribution in [0.4, 0.5) is 4.79 Å². The molecule has 2 saturated heterocycles. The maximum Gasteiger partial charge on any atom is 0.288 e. The average Bonchev–Trinajstić information content (AvgIpc) is 2.62. The number of hydrogen-bond donors (Lipinski definition) is 1. The fourth-order valence-electron chi connectivity index (χ4n) is 2.00. The van der Waals surface area contributed by atoms with Gasteiger partial charge >= 0.3 is 0 Å². The van der Waals surface area contributed by atoms with Crippen molar-refractivity contribution in [3.05, 3.63) is 0 Å². The molecule has 1 atom stereocenters. The molecule has 17 heavy (non-hydrogen) atoms. The van der Waals surface area contributed by atoms with Crippen molar-refractivity contribution in [2.24, 2.45) is 0 Å². The molecule has 0 radical (unpaired) electrons. The fourth-order valence-corrected chi connectivity index (χ4v) is 2.73. The number of carbonyl (C=O) groups excluding carboxylic acids is 2. The summed E-state index contributed by atoms with van der Waals surface area (Å²) in [5.41, 5.74) is 0. The molecule has 7 heteroatoms. The first-order valence-corrected chi connectivity index (χ1v) is 6.61. The molecule has 0 aliphatic carbocycles. The number of β-amino-alcohol motifs (C(OH)–C–C–N with tert-alkyl or cyclic N) is 1. The molecule has 0 aromatic carbocycles. The Balaban J connectivity index is 1.85. The molecule has 2 amide bonds. The lowest BCUT2D eigenvalue weighted by Crippen LogP contribution is -2.49. The standard InChI is InChI=1S/C10H16N2O4S/c13-3-1-11-2-4-16-8(5-11)6-12-9(14)7-17-10(12)15/h8,13H,1-7H2/t8-/m0/s1. The van der Waals surface area contributed by atoms with E-state index in [1.54, 1.807) is 0 Å². The summed E-state index contributed by atoms with van der Waals surface area (Å²) >= 11 is 1.04. The lowest BCUT2D eigenvalue weighted by atomic mass is 10.2. The Morgan fingerprint density at radius 2 is 2.29 bits per heavy atom. The minimum atomic E-state index is -0.183. The quantitative estimate of drug-likeness (QED) is 0.726. The van der Waals surface area contributed by atoms with E-state index in [1.807, 2.05) is 0 Å². The van der Waals surface area contributed by atoms with Crippen LogP contribution < -0.4 is 0 Å². The van der Waals surface area contributed by atoms with Crippen molar-refractivity contribution in [2.45, 2.75) is 6.10 Å². The van der Waals surface area contributed by atoms with Gasteiger partial charge in [-0.15, -0.1) is 0 Å². The second kappa shape index (κ2) is 5.81. The maximum atomic E-state index is 11.4. The van der Waals surface area contributed by atoms with Crippen LogP contribution in [0.15, 0.2) is 0 Å². The second-order valence-electron chi connectivity index (χ2n) is 4.08.